The van der Waals surface area contributed by atoms with Gasteiger partial charge in [0.15, 0.2) is 0 Å². The molecule has 104 valence electrons. The number of carbonyl (C=O) groups is 1. The molecule has 1 amide bonds. The van der Waals surface area contributed by atoms with Crippen LogP contribution in [0.25, 0.3) is 0 Å². The van der Waals surface area contributed by atoms with E-state index in [1.807, 2.05) is 6.92 Å². The first-order valence-electron chi connectivity index (χ1n) is 7.11. The van der Waals surface area contributed by atoms with E-state index in [9.17, 15) is 4.79 Å². The lowest BCUT2D eigenvalue weighted by Gasteiger charge is -2.23. The highest BCUT2D eigenvalue weighted by molar-refractivity contribution is 5.95. The first-order chi connectivity index (χ1) is 9.06. The monoisotopic (exact) mass is 261 g/mol. The van der Waals surface area contributed by atoms with Crippen LogP contribution in [0.4, 0.5) is 5.82 Å². The van der Waals surface area contributed by atoms with Gasteiger partial charge in [-0.2, -0.15) is 0 Å². The number of rotatable bonds is 2. The molecule has 3 N–H and O–H groups in total. The van der Waals surface area contributed by atoms with Crippen molar-refractivity contribution in [2.24, 2.45) is 5.92 Å². The highest BCUT2D eigenvalue weighted by Crippen LogP contribution is 2.23. The molecule has 0 aliphatic heterocycles. The van der Waals surface area contributed by atoms with Gasteiger partial charge in [0.2, 0.25) is 0 Å². The molecule has 2 atom stereocenters. The highest BCUT2D eigenvalue weighted by atomic mass is 16.1. The Labute approximate surface area is 114 Å². The summed E-state index contributed by atoms with van der Waals surface area (Å²) in [6.07, 6.45) is 6.02. The maximum Gasteiger partial charge on any atom is 0.251 e. The molecule has 1 heterocycles. The quantitative estimate of drug-likeness (QED) is 0.804. The van der Waals surface area contributed by atoms with Crippen LogP contribution in [-0.2, 0) is 0 Å². The fourth-order valence-corrected chi connectivity index (χ4v) is 2.78. The minimum Gasteiger partial charge on any atom is -0.384 e. The van der Waals surface area contributed by atoms with Crippen LogP contribution >= 0.6 is 0 Å². The molecule has 19 heavy (non-hydrogen) atoms. The summed E-state index contributed by atoms with van der Waals surface area (Å²) in [6.45, 7) is 4.07. The summed E-state index contributed by atoms with van der Waals surface area (Å²) in [6, 6.07) is 3.71. The normalized spacial score (nSPS) is 23.7. The summed E-state index contributed by atoms with van der Waals surface area (Å²) < 4.78 is 0. The maximum atomic E-state index is 12.3. The Morgan fingerprint density at radius 2 is 2.05 bits per heavy atom. The van der Waals surface area contributed by atoms with E-state index in [1.165, 1.54) is 25.7 Å². The van der Waals surface area contributed by atoms with Gasteiger partial charge in [-0.1, -0.05) is 26.2 Å². The third-order valence-electron chi connectivity index (χ3n) is 3.91. The number of hydrogen-bond donors (Lipinski definition) is 2. The number of aromatic nitrogens is 1. The number of anilines is 1. The van der Waals surface area contributed by atoms with Crippen molar-refractivity contribution in [2.75, 3.05) is 5.73 Å². The Hall–Kier alpha value is -1.58. The number of amides is 1. The first-order valence-corrected chi connectivity index (χ1v) is 7.11. The molecule has 0 aromatic carbocycles. The van der Waals surface area contributed by atoms with E-state index in [2.05, 4.69) is 17.2 Å². The zero-order valence-electron chi connectivity index (χ0n) is 11.8. The second-order valence-corrected chi connectivity index (χ2v) is 5.62. The van der Waals surface area contributed by atoms with Gasteiger partial charge in [0.05, 0.1) is 0 Å². The average Bonchev–Trinajstić information content (AvgIpc) is 2.54. The van der Waals surface area contributed by atoms with Crippen LogP contribution in [0.3, 0.4) is 0 Å². The van der Waals surface area contributed by atoms with Gasteiger partial charge < -0.3 is 11.1 Å². The SMILES string of the molecule is Cc1cc(C(=O)NC2CCCCCC2C)cc(N)n1. The summed E-state index contributed by atoms with van der Waals surface area (Å²) in [5, 5.41) is 3.16. The van der Waals surface area contributed by atoms with Crippen LogP contribution in [0.1, 0.15) is 55.1 Å². The fraction of sp³-hybridized carbons (Fsp3) is 0.600. The van der Waals surface area contributed by atoms with Gasteiger partial charge in [0, 0.05) is 17.3 Å². The van der Waals surface area contributed by atoms with Crippen LogP contribution < -0.4 is 11.1 Å². The third kappa shape index (κ3) is 3.69. The number of nitrogen functional groups attached to an aromatic ring is 1. The van der Waals surface area contributed by atoms with Crippen LogP contribution in [0, 0.1) is 12.8 Å². The van der Waals surface area contributed by atoms with Crippen LogP contribution in [0.5, 0.6) is 0 Å². The van der Waals surface area contributed by atoms with E-state index >= 15 is 0 Å². The molecule has 1 fully saturated rings. The van der Waals surface area contributed by atoms with Crippen molar-refractivity contribution in [3.63, 3.8) is 0 Å². The van der Waals surface area contributed by atoms with Crippen molar-refractivity contribution in [3.8, 4) is 0 Å². The molecule has 0 saturated heterocycles. The molecule has 0 bridgehead atoms. The van der Waals surface area contributed by atoms with Crippen molar-refractivity contribution in [3.05, 3.63) is 23.4 Å². The van der Waals surface area contributed by atoms with E-state index in [0.717, 1.165) is 12.1 Å². The molecule has 0 spiro atoms. The molecule has 0 radical (unpaired) electrons. The molecule has 2 rings (SSSR count). The zero-order valence-corrected chi connectivity index (χ0v) is 11.8. The number of carbonyl (C=O) groups excluding carboxylic acids is 1. The minimum atomic E-state index is -0.0315. The minimum absolute atomic E-state index is 0.0315. The van der Waals surface area contributed by atoms with Crippen molar-refractivity contribution >= 4 is 11.7 Å². The Morgan fingerprint density at radius 1 is 1.32 bits per heavy atom. The second-order valence-electron chi connectivity index (χ2n) is 5.62. The first kappa shape index (κ1) is 13.8. The van der Waals surface area contributed by atoms with Gasteiger partial charge in [-0.3, -0.25) is 4.79 Å². The number of nitrogens with two attached hydrogens (primary N) is 1. The predicted octanol–water partition coefficient (Wildman–Crippen LogP) is 2.67. The Kier molecular flexibility index (Phi) is 4.40. The second kappa shape index (κ2) is 6.04. The van der Waals surface area contributed by atoms with E-state index < -0.39 is 0 Å². The van der Waals surface area contributed by atoms with Crippen LogP contribution in [0.2, 0.25) is 0 Å². The summed E-state index contributed by atoms with van der Waals surface area (Å²) in [7, 11) is 0. The molecule has 4 nitrogen and oxygen atoms in total. The summed E-state index contributed by atoms with van der Waals surface area (Å²) in [5.74, 6) is 0.918. The predicted molar refractivity (Wildman–Crippen MR) is 76.9 cm³/mol. The Bertz CT molecular complexity index is 438. The van der Waals surface area contributed by atoms with Crippen molar-refractivity contribution < 1.29 is 4.79 Å². The smallest absolute Gasteiger partial charge is 0.251 e. The molecule has 1 saturated carbocycles. The van der Waals surface area contributed by atoms with E-state index in [4.69, 9.17) is 5.73 Å². The van der Waals surface area contributed by atoms with Gasteiger partial charge in [0.1, 0.15) is 5.82 Å². The third-order valence-corrected chi connectivity index (χ3v) is 3.91. The van der Waals surface area contributed by atoms with Gasteiger partial charge in [-0.25, -0.2) is 4.98 Å². The summed E-state index contributed by atoms with van der Waals surface area (Å²) in [4.78, 5) is 16.4. The lowest BCUT2D eigenvalue weighted by molar-refractivity contribution is 0.0921. The van der Waals surface area contributed by atoms with E-state index in [1.54, 1.807) is 12.1 Å². The summed E-state index contributed by atoms with van der Waals surface area (Å²) in [5.41, 5.74) is 7.08. The standard InChI is InChI=1S/C15H23N3O/c1-10-6-4-3-5-7-13(10)18-15(19)12-8-11(2)17-14(16)9-12/h8-10,13H,3-7H2,1-2H3,(H2,16,17)(H,18,19). The molecule has 1 aromatic heterocycles. The Morgan fingerprint density at radius 3 is 2.79 bits per heavy atom. The highest BCUT2D eigenvalue weighted by Gasteiger charge is 2.22. The number of nitrogens with one attached hydrogen (secondary N) is 1. The summed E-state index contributed by atoms with van der Waals surface area (Å²) >= 11 is 0. The van der Waals surface area contributed by atoms with Crippen molar-refractivity contribution in [1.29, 1.82) is 0 Å². The van der Waals surface area contributed by atoms with Crippen molar-refractivity contribution in [1.82, 2.24) is 10.3 Å². The van der Waals surface area contributed by atoms with Crippen LogP contribution in [0.15, 0.2) is 12.1 Å². The van der Waals surface area contributed by atoms with Gasteiger partial charge in [0.25, 0.3) is 5.91 Å². The number of aryl methyl sites for hydroxylation is 1. The topological polar surface area (TPSA) is 68.0 Å². The van der Waals surface area contributed by atoms with Gasteiger partial charge in [-0.05, 0) is 37.8 Å². The van der Waals surface area contributed by atoms with Crippen LogP contribution in [-0.4, -0.2) is 16.9 Å². The molecular weight excluding hydrogens is 238 g/mol. The molecule has 1 aliphatic rings. The van der Waals surface area contributed by atoms with Crippen molar-refractivity contribution in [2.45, 2.75) is 52.0 Å². The molecule has 1 aliphatic carbocycles. The fourth-order valence-electron chi connectivity index (χ4n) is 2.78. The molecule has 1 aromatic rings. The largest absolute Gasteiger partial charge is 0.384 e. The lowest BCUT2D eigenvalue weighted by Crippen LogP contribution is -2.38. The Balaban J connectivity index is 2.07. The van der Waals surface area contributed by atoms with Gasteiger partial charge in [-0.15, -0.1) is 0 Å². The van der Waals surface area contributed by atoms with E-state index in [-0.39, 0.29) is 11.9 Å². The maximum absolute atomic E-state index is 12.3. The number of pyridine rings is 1. The van der Waals surface area contributed by atoms with Gasteiger partial charge >= 0.3 is 0 Å². The average molecular weight is 261 g/mol. The molecule has 4 heteroatoms. The van der Waals surface area contributed by atoms with E-state index in [0.29, 0.717) is 17.3 Å². The number of nitrogens with zero attached hydrogens (tertiary/aromatic N) is 1. The molecular formula is C15H23N3O. The lowest BCUT2D eigenvalue weighted by atomic mass is 9.96. The number of hydrogen-bond acceptors (Lipinski definition) is 3. The zero-order chi connectivity index (χ0) is 13.8. The molecule has 2 unspecified atom stereocenters.